The molecule has 116 valence electrons. The van der Waals surface area contributed by atoms with Gasteiger partial charge in [0, 0.05) is 12.8 Å². The third kappa shape index (κ3) is 3.14. The lowest BCUT2D eigenvalue weighted by Crippen LogP contribution is -2.42. The van der Waals surface area contributed by atoms with Crippen molar-refractivity contribution >= 4 is 24.1 Å². The van der Waals surface area contributed by atoms with Crippen LogP contribution in [-0.4, -0.2) is 57.9 Å². The van der Waals surface area contributed by atoms with Crippen LogP contribution in [0, 0.1) is 0 Å². The Kier molecular flexibility index (Phi) is 3.65. The van der Waals surface area contributed by atoms with Crippen molar-refractivity contribution in [3.05, 3.63) is 0 Å². The summed E-state index contributed by atoms with van der Waals surface area (Å²) in [5, 5.41) is 12.5. The van der Waals surface area contributed by atoms with Crippen LogP contribution in [0.1, 0.15) is 33.6 Å². The molecular weight excluding hydrogens is 280 g/mol. The number of oxime groups is 1. The molecule has 1 saturated heterocycles. The molecule has 2 unspecified atom stereocenters. The number of carbonyl (C=O) groups is 3. The molecule has 1 fully saturated rings. The van der Waals surface area contributed by atoms with Crippen molar-refractivity contribution < 1.29 is 29.1 Å². The Morgan fingerprint density at radius 2 is 2.19 bits per heavy atom. The number of nitrogens with zero attached hydrogens (tertiary/aromatic N) is 2. The molecule has 2 aliphatic heterocycles. The van der Waals surface area contributed by atoms with E-state index in [1.807, 2.05) is 0 Å². The number of ether oxygens (including phenoxy) is 1. The van der Waals surface area contributed by atoms with Crippen LogP contribution >= 0.6 is 0 Å². The maximum Gasteiger partial charge on any atom is 0.411 e. The molecule has 2 aliphatic rings. The molecule has 0 aromatic heterocycles. The van der Waals surface area contributed by atoms with Gasteiger partial charge >= 0.3 is 12.1 Å². The summed E-state index contributed by atoms with van der Waals surface area (Å²) in [6.45, 7) is 5.25. The summed E-state index contributed by atoms with van der Waals surface area (Å²) in [7, 11) is 0. The molecule has 0 aromatic carbocycles. The van der Waals surface area contributed by atoms with Gasteiger partial charge in [0.05, 0.1) is 12.6 Å². The van der Waals surface area contributed by atoms with E-state index < -0.39 is 29.3 Å². The topological polar surface area (TPSA) is 106 Å². The summed E-state index contributed by atoms with van der Waals surface area (Å²) in [6, 6.07) is -0.705. The van der Waals surface area contributed by atoms with Crippen molar-refractivity contribution in [1.29, 1.82) is 0 Å². The van der Waals surface area contributed by atoms with Gasteiger partial charge in [-0.3, -0.25) is 4.90 Å². The normalized spacial score (nSPS) is 28.2. The zero-order valence-electron chi connectivity index (χ0n) is 12.2. The molecule has 0 radical (unpaired) electrons. The molecule has 2 heterocycles. The van der Waals surface area contributed by atoms with Gasteiger partial charge in [-0.25, -0.2) is 9.59 Å². The predicted octanol–water partition coefficient (Wildman–Crippen LogP) is 0.794. The number of aliphatic carboxylic acids is 1. The number of aldehydes is 1. The van der Waals surface area contributed by atoms with Gasteiger partial charge in [0.15, 0.2) is 11.3 Å². The Hall–Kier alpha value is -2.12. The number of hydrogen-bond donors (Lipinski definition) is 1. The number of carboxylic acid groups (broad SMARTS) is 1. The molecule has 21 heavy (non-hydrogen) atoms. The van der Waals surface area contributed by atoms with E-state index >= 15 is 0 Å². The smallest absolute Gasteiger partial charge is 0.411 e. The second-order valence-corrected chi connectivity index (χ2v) is 6.31. The Balaban J connectivity index is 2.10. The van der Waals surface area contributed by atoms with E-state index in [0.29, 0.717) is 6.29 Å². The van der Waals surface area contributed by atoms with Crippen molar-refractivity contribution in [1.82, 2.24) is 4.90 Å². The van der Waals surface area contributed by atoms with Crippen molar-refractivity contribution in [3.8, 4) is 0 Å². The summed E-state index contributed by atoms with van der Waals surface area (Å²) in [4.78, 5) is 40.7. The van der Waals surface area contributed by atoms with E-state index in [9.17, 15) is 14.4 Å². The number of carboxylic acids is 1. The molecule has 8 nitrogen and oxygen atoms in total. The van der Waals surface area contributed by atoms with Crippen molar-refractivity contribution in [3.63, 3.8) is 0 Å². The van der Waals surface area contributed by atoms with Crippen LogP contribution < -0.4 is 0 Å². The Morgan fingerprint density at radius 3 is 2.67 bits per heavy atom. The van der Waals surface area contributed by atoms with Crippen LogP contribution in [0.25, 0.3) is 0 Å². The Morgan fingerprint density at radius 1 is 1.52 bits per heavy atom. The van der Waals surface area contributed by atoms with E-state index in [2.05, 4.69) is 5.16 Å². The SMILES string of the molecule is CC(C)(C)OC(=O)N1CC2(CC(C(=O)O)=NO2)CC1C=O. The molecular formula is C13H18N2O6. The highest BCUT2D eigenvalue weighted by molar-refractivity contribution is 6.36. The Bertz CT molecular complexity index is 509. The first kappa shape index (κ1) is 15.3. The molecule has 0 bridgehead atoms. The highest BCUT2D eigenvalue weighted by Crippen LogP contribution is 2.37. The first-order chi connectivity index (χ1) is 9.66. The van der Waals surface area contributed by atoms with Gasteiger partial charge in [-0.1, -0.05) is 5.16 Å². The number of likely N-dealkylation sites (tertiary alicyclic amines) is 1. The number of amides is 1. The van der Waals surface area contributed by atoms with Crippen molar-refractivity contribution in [2.45, 2.75) is 50.9 Å². The van der Waals surface area contributed by atoms with Gasteiger partial charge in [0.2, 0.25) is 0 Å². The minimum atomic E-state index is -1.16. The standard InChI is InChI=1S/C13H18N2O6/c1-12(2,3)20-11(19)15-7-13(4-8(15)6-16)5-9(10(17)18)14-21-13/h6,8H,4-5,7H2,1-3H3,(H,17,18). The monoisotopic (exact) mass is 298 g/mol. The molecule has 8 heteroatoms. The average Bonchev–Trinajstić information content (AvgIpc) is 2.92. The van der Waals surface area contributed by atoms with Gasteiger partial charge in [0.1, 0.15) is 11.9 Å². The highest BCUT2D eigenvalue weighted by Gasteiger charge is 2.53. The molecule has 0 aliphatic carbocycles. The molecule has 1 spiro atoms. The van der Waals surface area contributed by atoms with Crippen LogP contribution in [-0.2, 0) is 19.2 Å². The minimum Gasteiger partial charge on any atom is -0.477 e. The van der Waals surface area contributed by atoms with Crippen LogP contribution in [0.3, 0.4) is 0 Å². The summed E-state index contributed by atoms with van der Waals surface area (Å²) >= 11 is 0. The second-order valence-electron chi connectivity index (χ2n) is 6.31. The van der Waals surface area contributed by atoms with Gasteiger partial charge < -0.3 is 19.5 Å². The van der Waals surface area contributed by atoms with Gasteiger partial charge in [0.25, 0.3) is 0 Å². The minimum absolute atomic E-state index is 0.0615. The first-order valence-electron chi connectivity index (χ1n) is 6.59. The average molecular weight is 298 g/mol. The van der Waals surface area contributed by atoms with E-state index in [-0.39, 0.29) is 25.1 Å². The summed E-state index contributed by atoms with van der Waals surface area (Å²) in [5.41, 5.74) is -1.74. The maximum atomic E-state index is 12.1. The number of rotatable bonds is 2. The van der Waals surface area contributed by atoms with Gasteiger partial charge in [-0.15, -0.1) is 0 Å². The van der Waals surface area contributed by atoms with Crippen molar-refractivity contribution in [2.75, 3.05) is 6.54 Å². The molecule has 1 amide bonds. The molecule has 2 rings (SSSR count). The quantitative estimate of drug-likeness (QED) is 0.756. The zero-order chi connectivity index (χ0) is 15.8. The van der Waals surface area contributed by atoms with E-state index in [1.54, 1.807) is 20.8 Å². The molecule has 1 N–H and O–H groups in total. The fraction of sp³-hybridized carbons (Fsp3) is 0.692. The number of carbonyl (C=O) groups excluding carboxylic acids is 2. The lowest BCUT2D eigenvalue weighted by molar-refractivity contribution is -0.129. The van der Waals surface area contributed by atoms with Crippen LogP contribution in [0.15, 0.2) is 5.16 Å². The van der Waals surface area contributed by atoms with Gasteiger partial charge in [-0.2, -0.15) is 0 Å². The van der Waals surface area contributed by atoms with Crippen LogP contribution in [0.5, 0.6) is 0 Å². The summed E-state index contributed by atoms with van der Waals surface area (Å²) < 4.78 is 5.25. The second kappa shape index (κ2) is 5.01. The van der Waals surface area contributed by atoms with E-state index in [4.69, 9.17) is 14.7 Å². The summed E-state index contributed by atoms with van der Waals surface area (Å²) in [5.74, 6) is -1.16. The Labute approximate surface area is 121 Å². The van der Waals surface area contributed by atoms with E-state index in [1.165, 1.54) is 4.90 Å². The predicted molar refractivity (Wildman–Crippen MR) is 70.9 cm³/mol. The largest absolute Gasteiger partial charge is 0.477 e. The fourth-order valence-electron chi connectivity index (χ4n) is 2.46. The molecule has 0 aromatic rings. The summed E-state index contributed by atoms with van der Waals surface area (Å²) in [6.07, 6.45) is 0.284. The molecule has 2 atom stereocenters. The third-order valence-corrected chi connectivity index (χ3v) is 3.31. The highest BCUT2D eigenvalue weighted by atomic mass is 16.7. The van der Waals surface area contributed by atoms with E-state index in [0.717, 1.165) is 0 Å². The number of hydrogen-bond acceptors (Lipinski definition) is 6. The van der Waals surface area contributed by atoms with Crippen LogP contribution in [0.4, 0.5) is 4.79 Å². The fourth-order valence-corrected chi connectivity index (χ4v) is 2.46. The van der Waals surface area contributed by atoms with Gasteiger partial charge in [-0.05, 0) is 20.8 Å². The zero-order valence-corrected chi connectivity index (χ0v) is 12.2. The maximum absolute atomic E-state index is 12.1. The third-order valence-electron chi connectivity index (χ3n) is 3.31. The molecule has 0 saturated carbocycles. The van der Waals surface area contributed by atoms with Crippen LogP contribution in [0.2, 0.25) is 0 Å². The lowest BCUT2D eigenvalue weighted by Gasteiger charge is -2.26. The first-order valence-corrected chi connectivity index (χ1v) is 6.59. The van der Waals surface area contributed by atoms with Crippen molar-refractivity contribution in [2.24, 2.45) is 5.16 Å². The lowest BCUT2D eigenvalue weighted by atomic mass is 9.94.